The first-order chi connectivity index (χ1) is 7.36. The molecule has 2 N–H and O–H groups in total. The van der Waals surface area contributed by atoms with Gasteiger partial charge in [-0.3, -0.25) is 0 Å². The van der Waals surface area contributed by atoms with Crippen LogP contribution in [0, 0.1) is 0 Å². The fourth-order valence-electron chi connectivity index (χ4n) is 1.13. The molecule has 0 bridgehead atoms. The number of rotatable bonds is 7. The van der Waals surface area contributed by atoms with Gasteiger partial charge in [0.15, 0.2) is 0 Å². The third-order valence-corrected chi connectivity index (χ3v) is 1.89. The van der Waals surface area contributed by atoms with Crippen molar-refractivity contribution in [1.82, 2.24) is 15.3 Å². The molecule has 0 atom stereocenters. The molecule has 1 rings (SSSR count). The minimum absolute atomic E-state index is 0.578. The molecule has 0 spiro atoms. The number of nitrogens with zero attached hydrogens (tertiary/aromatic N) is 2. The molecule has 0 aliphatic carbocycles. The van der Waals surface area contributed by atoms with Gasteiger partial charge in [0.2, 0.25) is 5.88 Å². The largest absolute Gasteiger partial charge is 0.481 e. The van der Waals surface area contributed by atoms with Crippen molar-refractivity contribution in [2.45, 2.75) is 13.3 Å². The summed E-state index contributed by atoms with van der Waals surface area (Å²) >= 11 is 0. The van der Waals surface area contributed by atoms with Crippen molar-refractivity contribution in [3.8, 4) is 5.88 Å². The fourth-order valence-corrected chi connectivity index (χ4v) is 1.13. The highest BCUT2D eigenvalue weighted by Crippen LogP contribution is 2.08. The summed E-state index contributed by atoms with van der Waals surface area (Å²) in [5.41, 5.74) is 0. The summed E-state index contributed by atoms with van der Waals surface area (Å²) in [6.45, 7) is 4.98. The SMILES string of the molecule is CCCNCCNc1cc(OC)ncn1. The van der Waals surface area contributed by atoms with Crippen molar-refractivity contribution < 1.29 is 4.74 Å². The first kappa shape index (κ1) is 11.7. The van der Waals surface area contributed by atoms with Crippen molar-refractivity contribution in [1.29, 1.82) is 0 Å². The van der Waals surface area contributed by atoms with Crippen LogP contribution in [0.4, 0.5) is 5.82 Å². The summed E-state index contributed by atoms with van der Waals surface area (Å²) in [5.74, 6) is 1.37. The third-order valence-electron chi connectivity index (χ3n) is 1.89. The second-order valence-electron chi connectivity index (χ2n) is 3.12. The molecule has 1 heterocycles. The molecule has 1 aromatic rings. The number of hydrogen-bond acceptors (Lipinski definition) is 5. The first-order valence-corrected chi connectivity index (χ1v) is 5.17. The lowest BCUT2D eigenvalue weighted by molar-refractivity contribution is 0.397. The summed E-state index contributed by atoms with van der Waals surface area (Å²) in [7, 11) is 1.59. The molecule has 0 aliphatic heterocycles. The Hall–Kier alpha value is -1.36. The average molecular weight is 210 g/mol. The van der Waals surface area contributed by atoms with Gasteiger partial charge in [-0.1, -0.05) is 6.92 Å². The number of ether oxygens (including phenoxy) is 1. The molecule has 15 heavy (non-hydrogen) atoms. The molecule has 5 nitrogen and oxygen atoms in total. The topological polar surface area (TPSA) is 59.1 Å². The Bertz CT molecular complexity index is 280. The van der Waals surface area contributed by atoms with E-state index in [0.717, 1.165) is 31.9 Å². The van der Waals surface area contributed by atoms with E-state index >= 15 is 0 Å². The zero-order valence-corrected chi connectivity index (χ0v) is 9.29. The third kappa shape index (κ3) is 4.60. The lowest BCUT2D eigenvalue weighted by Gasteiger charge is -2.06. The van der Waals surface area contributed by atoms with E-state index in [2.05, 4.69) is 27.5 Å². The molecule has 5 heteroatoms. The number of methoxy groups -OCH3 is 1. The summed E-state index contributed by atoms with van der Waals surface area (Å²) in [4.78, 5) is 8.00. The van der Waals surface area contributed by atoms with Crippen LogP contribution in [0.15, 0.2) is 12.4 Å². The van der Waals surface area contributed by atoms with Crippen LogP contribution in [0.2, 0.25) is 0 Å². The number of aromatic nitrogens is 2. The minimum atomic E-state index is 0.578. The zero-order chi connectivity index (χ0) is 10.9. The monoisotopic (exact) mass is 210 g/mol. The average Bonchev–Trinajstić information content (AvgIpc) is 2.29. The van der Waals surface area contributed by atoms with Gasteiger partial charge in [-0.2, -0.15) is 0 Å². The maximum atomic E-state index is 4.99. The number of nitrogens with one attached hydrogen (secondary N) is 2. The highest BCUT2D eigenvalue weighted by Gasteiger charge is 1.96. The predicted octanol–water partition coefficient (Wildman–Crippen LogP) is 0.897. The normalized spacial score (nSPS) is 10.0. The number of anilines is 1. The summed E-state index contributed by atoms with van der Waals surface area (Å²) in [6, 6.07) is 1.78. The Morgan fingerprint density at radius 3 is 2.87 bits per heavy atom. The van der Waals surface area contributed by atoms with Crippen LogP contribution in [0.25, 0.3) is 0 Å². The molecular weight excluding hydrogens is 192 g/mol. The van der Waals surface area contributed by atoms with E-state index in [-0.39, 0.29) is 0 Å². The van der Waals surface area contributed by atoms with E-state index in [4.69, 9.17) is 4.74 Å². The summed E-state index contributed by atoms with van der Waals surface area (Å²) in [6.07, 6.45) is 2.64. The van der Waals surface area contributed by atoms with Gasteiger partial charge in [0.25, 0.3) is 0 Å². The standard InChI is InChI=1S/C10H18N4O/c1-3-4-11-5-6-12-9-7-10(15-2)14-8-13-9/h7-8,11H,3-6H2,1-2H3,(H,12,13,14). The molecule has 84 valence electrons. The molecule has 0 unspecified atom stereocenters. The highest BCUT2D eigenvalue weighted by molar-refractivity contribution is 5.36. The van der Waals surface area contributed by atoms with Crippen LogP contribution in [-0.4, -0.2) is 36.7 Å². The van der Waals surface area contributed by atoms with Crippen molar-refractivity contribution in [2.75, 3.05) is 32.1 Å². The summed E-state index contributed by atoms with van der Waals surface area (Å²) < 4.78 is 4.99. The molecular formula is C10H18N4O. The lowest BCUT2D eigenvalue weighted by Crippen LogP contribution is -2.23. The van der Waals surface area contributed by atoms with Crippen molar-refractivity contribution in [3.05, 3.63) is 12.4 Å². The van der Waals surface area contributed by atoms with Gasteiger partial charge in [0.05, 0.1) is 7.11 Å². The van der Waals surface area contributed by atoms with Crippen LogP contribution in [0.5, 0.6) is 5.88 Å². The second kappa shape index (κ2) is 7.00. The Balaban J connectivity index is 2.24. The van der Waals surface area contributed by atoms with E-state index in [9.17, 15) is 0 Å². The van der Waals surface area contributed by atoms with Gasteiger partial charge in [0.1, 0.15) is 12.1 Å². The Kier molecular flexibility index (Phi) is 5.47. The molecule has 0 amide bonds. The zero-order valence-electron chi connectivity index (χ0n) is 9.29. The van der Waals surface area contributed by atoms with Crippen LogP contribution in [0.3, 0.4) is 0 Å². The van der Waals surface area contributed by atoms with Crippen molar-refractivity contribution in [2.24, 2.45) is 0 Å². The molecule has 1 aromatic heterocycles. The minimum Gasteiger partial charge on any atom is -0.481 e. The van der Waals surface area contributed by atoms with Crippen LogP contribution in [-0.2, 0) is 0 Å². The van der Waals surface area contributed by atoms with Crippen LogP contribution < -0.4 is 15.4 Å². The maximum Gasteiger partial charge on any atom is 0.218 e. The quantitative estimate of drug-likeness (QED) is 0.655. The Morgan fingerprint density at radius 2 is 2.13 bits per heavy atom. The van der Waals surface area contributed by atoms with E-state index < -0.39 is 0 Å². The van der Waals surface area contributed by atoms with Gasteiger partial charge in [-0.15, -0.1) is 0 Å². The van der Waals surface area contributed by atoms with E-state index in [1.54, 1.807) is 13.2 Å². The maximum absolute atomic E-state index is 4.99. The molecule has 0 saturated carbocycles. The highest BCUT2D eigenvalue weighted by atomic mass is 16.5. The van der Waals surface area contributed by atoms with Crippen LogP contribution in [0.1, 0.15) is 13.3 Å². The Labute approximate surface area is 90.3 Å². The molecule has 0 aliphatic rings. The molecule has 0 radical (unpaired) electrons. The van der Waals surface area contributed by atoms with Gasteiger partial charge >= 0.3 is 0 Å². The first-order valence-electron chi connectivity index (χ1n) is 5.17. The molecule has 0 saturated heterocycles. The Morgan fingerprint density at radius 1 is 1.27 bits per heavy atom. The van der Waals surface area contributed by atoms with Gasteiger partial charge in [0, 0.05) is 19.2 Å². The summed E-state index contributed by atoms with van der Waals surface area (Å²) in [5, 5.41) is 6.48. The lowest BCUT2D eigenvalue weighted by atomic mass is 10.4. The van der Waals surface area contributed by atoms with Gasteiger partial charge in [-0.05, 0) is 13.0 Å². The van der Waals surface area contributed by atoms with Crippen molar-refractivity contribution in [3.63, 3.8) is 0 Å². The second-order valence-corrected chi connectivity index (χ2v) is 3.12. The smallest absolute Gasteiger partial charge is 0.218 e. The predicted molar refractivity (Wildman–Crippen MR) is 60.2 cm³/mol. The van der Waals surface area contributed by atoms with E-state index in [0.29, 0.717) is 5.88 Å². The fraction of sp³-hybridized carbons (Fsp3) is 0.600. The molecule has 0 aromatic carbocycles. The van der Waals surface area contributed by atoms with Crippen molar-refractivity contribution >= 4 is 5.82 Å². The molecule has 0 fully saturated rings. The van der Waals surface area contributed by atoms with Crippen LogP contribution >= 0.6 is 0 Å². The number of hydrogen-bond donors (Lipinski definition) is 2. The van der Waals surface area contributed by atoms with E-state index in [1.165, 1.54) is 6.33 Å². The van der Waals surface area contributed by atoms with Gasteiger partial charge in [-0.25, -0.2) is 9.97 Å². The van der Waals surface area contributed by atoms with Gasteiger partial charge < -0.3 is 15.4 Å². The van der Waals surface area contributed by atoms with E-state index in [1.807, 2.05) is 0 Å².